The normalized spacial score (nSPS) is 10.8. The van der Waals surface area contributed by atoms with Crippen molar-refractivity contribution >= 4 is 16.0 Å². The van der Waals surface area contributed by atoms with Gasteiger partial charge in [-0.15, -0.1) is 0 Å². The Labute approximate surface area is 123 Å². The largest absolute Gasteiger partial charge is 0.431 e. The van der Waals surface area contributed by atoms with Crippen LogP contribution in [0.25, 0.3) is 0 Å². The van der Waals surface area contributed by atoms with E-state index in [1.54, 1.807) is 26.0 Å². The molecule has 0 atom stereocenters. The number of sulfonamides is 1. The predicted octanol–water partition coefficient (Wildman–Crippen LogP) is 1.40. The number of anilines is 1. The Morgan fingerprint density at radius 2 is 2.14 bits per heavy atom. The molecule has 110 valence electrons. The summed E-state index contributed by atoms with van der Waals surface area (Å²) < 4.78 is 31.7. The molecule has 0 radical (unpaired) electrons. The topological polar surface area (TPSA) is 98.2 Å². The Morgan fingerprint density at radius 1 is 1.38 bits per heavy atom. The number of oxazole rings is 1. The highest BCUT2D eigenvalue weighted by molar-refractivity contribution is 7.92. The van der Waals surface area contributed by atoms with Crippen molar-refractivity contribution in [3.63, 3.8) is 0 Å². The molecule has 7 heteroatoms. The van der Waals surface area contributed by atoms with Gasteiger partial charge in [0.15, 0.2) is 0 Å². The van der Waals surface area contributed by atoms with Gasteiger partial charge in [0.05, 0.1) is 17.1 Å². The van der Waals surface area contributed by atoms with Gasteiger partial charge < -0.3 is 10.2 Å². The monoisotopic (exact) mass is 305 g/mol. The second-order valence-corrected chi connectivity index (χ2v) is 6.06. The summed E-state index contributed by atoms with van der Waals surface area (Å²) in [4.78, 5) is 4.03. The summed E-state index contributed by atoms with van der Waals surface area (Å²) in [7, 11) is -3.74. The molecule has 0 amide bonds. The van der Waals surface area contributed by atoms with Crippen LogP contribution in [-0.2, 0) is 10.0 Å². The molecule has 2 aromatic rings. The minimum absolute atomic E-state index is 0.0582. The Bertz CT molecular complexity index is 813. The average Bonchev–Trinajstić information content (AvgIpc) is 2.82. The highest BCUT2D eigenvalue weighted by Gasteiger charge is 2.17. The molecule has 0 saturated carbocycles. The number of aromatic nitrogens is 1. The van der Waals surface area contributed by atoms with Crippen molar-refractivity contribution in [3.8, 4) is 11.8 Å². The van der Waals surface area contributed by atoms with E-state index in [1.165, 1.54) is 12.3 Å². The third-order valence-electron chi connectivity index (χ3n) is 2.67. The maximum Gasteiger partial charge on any atom is 0.309 e. The van der Waals surface area contributed by atoms with Gasteiger partial charge in [0.1, 0.15) is 6.26 Å². The van der Waals surface area contributed by atoms with E-state index in [1.807, 2.05) is 0 Å². The van der Waals surface area contributed by atoms with Crippen molar-refractivity contribution in [1.29, 1.82) is 0 Å². The van der Waals surface area contributed by atoms with Gasteiger partial charge >= 0.3 is 6.01 Å². The van der Waals surface area contributed by atoms with Crippen LogP contribution in [-0.4, -0.2) is 19.9 Å². The molecule has 0 aliphatic rings. The van der Waals surface area contributed by atoms with Crippen LogP contribution in [0.4, 0.5) is 6.01 Å². The molecule has 1 aromatic heterocycles. The number of rotatable bonds is 3. The molecule has 0 fully saturated rings. The minimum atomic E-state index is -3.74. The van der Waals surface area contributed by atoms with E-state index in [0.29, 0.717) is 5.69 Å². The van der Waals surface area contributed by atoms with Gasteiger partial charge in [0, 0.05) is 5.56 Å². The maximum atomic E-state index is 12.2. The summed E-state index contributed by atoms with van der Waals surface area (Å²) in [5.74, 6) is 5.62. The van der Waals surface area contributed by atoms with Crippen LogP contribution < -0.4 is 10.5 Å². The lowest BCUT2D eigenvalue weighted by atomic mass is 10.1. The zero-order valence-corrected chi connectivity index (χ0v) is 12.5. The lowest BCUT2D eigenvalue weighted by Gasteiger charge is -2.06. The Balaban J connectivity index is 2.30. The molecule has 0 aliphatic heterocycles. The summed E-state index contributed by atoms with van der Waals surface area (Å²) >= 11 is 0. The van der Waals surface area contributed by atoms with E-state index in [2.05, 4.69) is 21.5 Å². The first kappa shape index (κ1) is 15.1. The lowest BCUT2D eigenvalue weighted by Crippen LogP contribution is -2.13. The third-order valence-corrected chi connectivity index (χ3v) is 3.99. The fraction of sp³-hybridized carbons (Fsp3) is 0.214. The number of aryl methyl sites for hydroxylation is 2. The van der Waals surface area contributed by atoms with Crippen molar-refractivity contribution in [3.05, 3.63) is 41.3 Å². The number of hydrogen-bond acceptors (Lipinski definition) is 5. The van der Waals surface area contributed by atoms with E-state index in [0.717, 1.165) is 11.1 Å². The summed E-state index contributed by atoms with van der Waals surface area (Å²) in [6, 6.07) is 4.61. The summed E-state index contributed by atoms with van der Waals surface area (Å²) in [5, 5.41) is 0. The quantitative estimate of drug-likeness (QED) is 0.835. The molecular formula is C14H15N3O3S. The van der Waals surface area contributed by atoms with Gasteiger partial charge in [-0.2, -0.15) is 4.98 Å². The first-order valence-corrected chi connectivity index (χ1v) is 7.65. The van der Waals surface area contributed by atoms with Crippen LogP contribution in [0.5, 0.6) is 0 Å². The summed E-state index contributed by atoms with van der Waals surface area (Å²) in [5.41, 5.74) is 7.40. The maximum absolute atomic E-state index is 12.2. The number of benzene rings is 1. The molecule has 1 heterocycles. The van der Waals surface area contributed by atoms with E-state index in [9.17, 15) is 8.42 Å². The number of hydrogen-bond donors (Lipinski definition) is 2. The fourth-order valence-corrected chi connectivity index (χ4v) is 2.69. The second kappa shape index (κ2) is 5.99. The summed E-state index contributed by atoms with van der Waals surface area (Å²) in [6.07, 6.45) is 1.37. The van der Waals surface area contributed by atoms with Crippen LogP contribution in [0.15, 0.2) is 33.8 Å². The molecule has 0 spiro atoms. The van der Waals surface area contributed by atoms with E-state index in [-0.39, 0.29) is 17.5 Å². The van der Waals surface area contributed by atoms with Crippen LogP contribution in [0.2, 0.25) is 0 Å². The highest BCUT2D eigenvalue weighted by atomic mass is 32.2. The molecule has 3 N–H and O–H groups in total. The first-order chi connectivity index (χ1) is 9.92. The van der Waals surface area contributed by atoms with Gasteiger partial charge in [0.2, 0.25) is 0 Å². The van der Waals surface area contributed by atoms with Gasteiger partial charge in [-0.25, -0.2) is 13.1 Å². The Hall–Kier alpha value is -2.30. The van der Waals surface area contributed by atoms with Gasteiger partial charge in [-0.3, -0.25) is 0 Å². The van der Waals surface area contributed by atoms with Crippen LogP contribution in [0, 0.1) is 25.7 Å². The standard InChI is InChI=1S/C14H15N3O3S/c1-10-8-13(6-5-12(10)4-3-7-15)21(18,19)17-14-16-11(2)9-20-14/h5-6,8-9H,7,15H2,1-2H3,(H,16,17). The van der Waals surface area contributed by atoms with Gasteiger partial charge in [0.25, 0.3) is 10.0 Å². The lowest BCUT2D eigenvalue weighted by molar-refractivity contribution is 0.569. The zero-order valence-electron chi connectivity index (χ0n) is 11.7. The SMILES string of the molecule is Cc1coc(NS(=O)(=O)c2ccc(C#CCN)c(C)c2)n1. The Morgan fingerprint density at radius 3 is 2.71 bits per heavy atom. The number of nitrogens with zero attached hydrogens (tertiary/aromatic N) is 1. The molecule has 1 aromatic carbocycles. The zero-order chi connectivity index (χ0) is 15.5. The van der Waals surface area contributed by atoms with Crippen LogP contribution >= 0.6 is 0 Å². The third kappa shape index (κ3) is 3.62. The van der Waals surface area contributed by atoms with E-state index in [4.69, 9.17) is 10.2 Å². The molecule has 2 rings (SSSR count). The minimum Gasteiger partial charge on any atom is -0.431 e. The van der Waals surface area contributed by atoms with Crippen molar-refractivity contribution in [2.45, 2.75) is 18.7 Å². The average molecular weight is 305 g/mol. The second-order valence-electron chi connectivity index (χ2n) is 4.38. The molecule has 21 heavy (non-hydrogen) atoms. The Kier molecular flexibility index (Phi) is 4.31. The predicted molar refractivity (Wildman–Crippen MR) is 79.2 cm³/mol. The number of nitrogens with one attached hydrogen (secondary N) is 1. The fourth-order valence-electron chi connectivity index (χ4n) is 1.66. The van der Waals surface area contributed by atoms with Gasteiger partial charge in [-0.1, -0.05) is 11.8 Å². The van der Waals surface area contributed by atoms with Crippen molar-refractivity contribution in [1.82, 2.24) is 4.98 Å². The molecule has 0 aliphatic carbocycles. The van der Waals surface area contributed by atoms with Crippen LogP contribution in [0.3, 0.4) is 0 Å². The van der Waals surface area contributed by atoms with Crippen LogP contribution in [0.1, 0.15) is 16.8 Å². The molecule has 0 saturated heterocycles. The smallest absolute Gasteiger partial charge is 0.309 e. The van der Waals surface area contributed by atoms with Crippen molar-refractivity contribution < 1.29 is 12.8 Å². The van der Waals surface area contributed by atoms with Crippen molar-refractivity contribution in [2.24, 2.45) is 5.73 Å². The molecule has 6 nitrogen and oxygen atoms in total. The number of nitrogens with two attached hydrogens (primary N) is 1. The summed E-state index contributed by atoms with van der Waals surface area (Å²) in [6.45, 7) is 3.75. The first-order valence-electron chi connectivity index (χ1n) is 6.17. The van der Waals surface area contributed by atoms with E-state index < -0.39 is 10.0 Å². The molecule has 0 bridgehead atoms. The molecular weight excluding hydrogens is 290 g/mol. The van der Waals surface area contributed by atoms with E-state index >= 15 is 0 Å². The highest BCUT2D eigenvalue weighted by Crippen LogP contribution is 2.18. The van der Waals surface area contributed by atoms with Crippen molar-refractivity contribution in [2.75, 3.05) is 11.3 Å². The van der Waals surface area contributed by atoms with Gasteiger partial charge in [-0.05, 0) is 37.6 Å². The molecule has 0 unspecified atom stereocenters.